The van der Waals surface area contributed by atoms with Crippen molar-refractivity contribution in [1.29, 1.82) is 0 Å². The van der Waals surface area contributed by atoms with Crippen molar-refractivity contribution >= 4 is 38.5 Å². The molecular formula is C24H35N5O6S. The van der Waals surface area contributed by atoms with E-state index in [0.717, 1.165) is 63.7 Å². The quantitative estimate of drug-likeness (QED) is 0.478. The Morgan fingerprint density at radius 2 is 1.94 bits per heavy atom. The van der Waals surface area contributed by atoms with E-state index >= 15 is 0 Å². The highest BCUT2D eigenvalue weighted by molar-refractivity contribution is 7.92. The number of sulfonamides is 1. The second-order valence-electron chi connectivity index (χ2n) is 9.28. The fraction of sp³-hybridized carbons (Fsp3) is 0.625. The van der Waals surface area contributed by atoms with Crippen LogP contribution in [0.3, 0.4) is 0 Å². The zero-order valence-corrected chi connectivity index (χ0v) is 21.7. The number of ether oxygens (including phenoxy) is 3. The number of nitrogens with one attached hydrogen (secondary N) is 2. The number of hydrogen-bond donors (Lipinski definition) is 2. The summed E-state index contributed by atoms with van der Waals surface area (Å²) in [5, 5.41) is 3.59. The normalized spacial score (nSPS) is 20.7. The predicted molar refractivity (Wildman–Crippen MR) is 137 cm³/mol. The van der Waals surface area contributed by atoms with Crippen molar-refractivity contribution in [3.05, 3.63) is 18.3 Å². The number of morpholine rings is 1. The Morgan fingerprint density at radius 1 is 1.19 bits per heavy atom. The van der Waals surface area contributed by atoms with Crippen molar-refractivity contribution in [3.8, 4) is 5.88 Å². The van der Waals surface area contributed by atoms with Crippen LogP contribution in [0.5, 0.6) is 5.88 Å². The first kappa shape index (κ1) is 26.2. The molecule has 1 saturated heterocycles. The zero-order valence-electron chi connectivity index (χ0n) is 20.9. The van der Waals surface area contributed by atoms with Crippen LogP contribution in [-0.2, 0) is 19.5 Å². The highest BCUT2D eigenvalue weighted by Crippen LogP contribution is 2.32. The Balaban J connectivity index is 1.49. The molecule has 1 aliphatic heterocycles. The van der Waals surface area contributed by atoms with Gasteiger partial charge in [-0.1, -0.05) is 13.3 Å². The largest absolute Gasteiger partial charge is 0.474 e. The maximum absolute atomic E-state index is 12.0. The lowest BCUT2D eigenvalue weighted by Crippen LogP contribution is -2.40. The summed E-state index contributed by atoms with van der Waals surface area (Å²) in [6, 6.07) is 3.65. The summed E-state index contributed by atoms with van der Waals surface area (Å²) in [4.78, 5) is 23.4. The van der Waals surface area contributed by atoms with Crippen molar-refractivity contribution in [2.24, 2.45) is 0 Å². The van der Waals surface area contributed by atoms with Crippen LogP contribution < -0.4 is 19.7 Å². The maximum Gasteiger partial charge on any atom is 0.407 e. The molecule has 4 rings (SSSR count). The van der Waals surface area contributed by atoms with Crippen molar-refractivity contribution < 1.29 is 27.4 Å². The molecule has 36 heavy (non-hydrogen) atoms. The van der Waals surface area contributed by atoms with Crippen LogP contribution in [0.1, 0.15) is 45.4 Å². The second-order valence-corrected chi connectivity index (χ2v) is 11.0. The summed E-state index contributed by atoms with van der Waals surface area (Å²) in [7, 11) is -3.45. The highest BCUT2D eigenvalue weighted by Gasteiger charge is 2.26. The van der Waals surface area contributed by atoms with E-state index in [2.05, 4.69) is 26.8 Å². The third kappa shape index (κ3) is 7.33. The average molecular weight is 522 g/mol. The fourth-order valence-electron chi connectivity index (χ4n) is 4.40. The Hall–Kier alpha value is -2.86. The highest BCUT2D eigenvalue weighted by atomic mass is 32.2. The number of anilines is 2. The Bertz CT molecular complexity index is 1150. The molecule has 0 radical (unpaired) electrons. The molecule has 198 valence electrons. The van der Waals surface area contributed by atoms with Crippen LogP contribution in [0.2, 0.25) is 0 Å². The third-order valence-electron chi connectivity index (χ3n) is 6.27. The molecule has 0 bridgehead atoms. The van der Waals surface area contributed by atoms with Gasteiger partial charge in [0.25, 0.3) is 0 Å². The number of unbranched alkanes of at least 4 members (excludes halogenated alkanes) is 1. The molecule has 1 aliphatic carbocycles. The van der Waals surface area contributed by atoms with Gasteiger partial charge in [0.1, 0.15) is 11.9 Å². The lowest BCUT2D eigenvalue weighted by atomic mass is 9.93. The monoisotopic (exact) mass is 521 g/mol. The maximum atomic E-state index is 12.0. The first-order valence-electron chi connectivity index (χ1n) is 12.5. The molecule has 0 aromatic carbocycles. The molecule has 3 heterocycles. The topological polar surface area (TPSA) is 132 Å². The van der Waals surface area contributed by atoms with Gasteiger partial charge in [-0.3, -0.25) is 9.71 Å². The molecule has 1 amide bonds. The van der Waals surface area contributed by atoms with E-state index in [1.54, 1.807) is 6.07 Å². The Morgan fingerprint density at radius 3 is 2.64 bits per heavy atom. The molecule has 2 N–H and O–H groups in total. The molecule has 12 heteroatoms. The van der Waals surface area contributed by atoms with Crippen LogP contribution in [0.4, 0.5) is 16.3 Å². The summed E-state index contributed by atoms with van der Waals surface area (Å²) in [6.45, 7) is 5.17. The minimum absolute atomic E-state index is 0.0515. The van der Waals surface area contributed by atoms with Gasteiger partial charge in [-0.15, -0.1) is 0 Å². The van der Waals surface area contributed by atoms with E-state index < -0.39 is 10.0 Å². The first-order valence-corrected chi connectivity index (χ1v) is 14.4. The van der Waals surface area contributed by atoms with E-state index in [0.29, 0.717) is 42.3 Å². The SMILES string of the molecule is CCCCOC(=O)NC1CCC(Oc2nc(N3CCOCC3)cc3ncc(NS(C)(=O)=O)cc23)CC1. The fourth-order valence-corrected chi connectivity index (χ4v) is 4.93. The van der Waals surface area contributed by atoms with Crippen LogP contribution in [0.15, 0.2) is 18.3 Å². The summed E-state index contributed by atoms with van der Waals surface area (Å²) < 4.78 is 43.0. The molecule has 2 fully saturated rings. The van der Waals surface area contributed by atoms with Gasteiger partial charge < -0.3 is 24.4 Å². The Labute approximate surface area is 212 Å². The number of aromatic nitrogens is 2. The number of carbonyl (C=O) groups is 1. The lowest BCUT2D eigenvalue weighted by molar-refractivity contribution is 0.117. The van der Waals surface area contributed by atoms with Crippen LogP contribution in [0.25, 0.3) is 10.9 Å². The van der Waals surface area contributed by atoms with Crippen LogP contribution in [0, 0.1) is 0 Å². The van der Waals surface area contributed by atoms with Gasteiger partial charge in [-0.2, -0.15) is 4.98 Å². The van der Waals surface area contributed by atoms with Crippen molar-refractivity contribution in [2.45, 2.75) is 57.6 Å². The van der Waals surface area contributed by atoms with Crippen molar-refractivity contribution in [3.63, 3.8) is 0 Å². The number of nitrogens with zero attached hydrogens (tertiary/aromatic N) is 3. The van der Waals surface area contributed by atoms with Gasteiger partial charge in [0.05, 0.1) is 48.9 Å². The van der Waals surface area contributed by atoms with E-state index in [1.165, 1.54) is 6.20 Å². The first-order chi connectivity index (χ1) is 17.3. The Kier molecular flexibility index (Phi) is 8.68. The van der Waals surface area contributed by atoms with Crippen molar-refractivity contribution in [1.82, 2.24) is 15.3 Å². The molecule has 0 atom stereocenters. The van der Waals surface area contributed by atoms with Gasteiger partial charge >= 0.3 is 6.09 Å². The molecule has 1 saturated carbocycles. The van der Waals surface area contributed by atoms with Gasteiger partial charge in [-0.05, 0) is 38.2 Å². The number of carbonyl (C=O) groups excluding carboxylic acids is 1. The van der Waals surface area contributed by atoms with Gasteiger partial charge in [-0.25, -0.2) is 13.2 Å². The number of alkyl carbamates (subject to hydrolysis) is 1. The summed E-state index contributed by atoms with van der Waals surface area (Å²) in [6.07, 6.45) is 7.02. The smallest absolute Gasteiger partial charge is 0.407 e. The third-order valence-corrected chi connectivity index (χ3v) is 6.88. The summed E-state index contributed by atoms with van der Waals surface area (Å²) in [5.74, 6) is 1.18. The zero-order chi connectivity index (χ0) is 25.5. The van der Waals surface area contributed by atoms with E-state index in [1.807, 2.05) is 6.07 Å². The van der Waals surface area contributed by atoms with Gasteiger partial charge in [0, 0.05) is 25.2 Å². The molecule has 0 unspecified atom stereocenters. The van der Waals surface area contributed by atoms with Crippen LogP contribution >= 0.6 is 0 Å². The van der Waals surface area contributed by atoms with E-state index in [4.69, 9.17) is 19.2 Å². The molecule has 2 aliphatic rings. The second kappa shape index (κ2) is 11.9. The summed E-state index contributed by atoms with van der Waals surface area (Å²) in [5.41, 5.74) is 1.02. The van der Waals surface area contributed by atoms with Gasteiger partial charge in [0.15, 0.2) is 0 Å². The molecule has 2 aromatic heterocycles. The number of pyridine rings is 2. The molecular weight excluding hydrogens is 486 g/mol. The molecule has 11 nitrogen and oxygen atoms in total. The minimum atomic E-state index is -3.45. The minimum Gasteiger partial charge on any atom is -0.474 e. The standard InChI is InChI=1S/C24H35N5O6S/c1-3-4-11-34-24(30)26-17-5-7-19(8-6-17)35-23-20-14-18(28-36(2,31)32)16-25-21(20)15-22(27-23)29-9-12-33-13-10-29/h14-17,19,28H,3-13H2,1-2H3,(H,26,30). The van der Waals surface area contributed by atoms with Crippen LogP contribution in [-0.4, -0.2) is 75.8 Å². The van der Waals surface area contributed by atoms with E-state index in [-0.39, 0.29) is 18.2 Å². The number of hydrogen-bond acceptors (Lipinski definition) is 9. The van der Waals surface area contributed by atoms with E-state index in [9.17, 15) is 13.2 Å². The van der Waals surface area contributed by atoms with Gasteiger partial charge in [0.2, 0.25) is 15.9 Å². The number of rotatable bonds is 9. The summed E-state index contributed by atoms with van der Waals surface area (Å²) >= 11 is 0. The van der Waals surface area contributed by atoms with Crippen molar-refractivity contribution in [2.75, 3.05) is 48.8 Å². The lowest BCUT2D eigenvalue weighted by Gasteiger charge is -2.31. The number of amides is 1. The molecule has 0 spiro atoms. The predicted octanol–water partition coefficient (Wildman–Crippen LogP) is 3.05. The number of fused-ring (bicyclic) bond motifs is 1. The molecule has 2 aromatic rings. The average Bonchev–Trinajstić information content (AvgIpc) is 2.85.